The molecule has 31 heavy (non-hydrogen) atoms. The van der Waals surface area contributed by atoms with Gasteiger partial charge in [0.25, 0.3) is 5.91 Å². The second-order valence-corrected chi connectivity index (χ2v) is 6.76. The Balaban J connectivity index is 0.00000166. The predicted octanol–water partition coefficient (Wildman–Crippen LogP) is 1.85. The van der Waals surface area contributed by atoms with Crippen molar-refractivity contribution in [1.82, 2.24) is 14.9 Å². The number of benzene rings is 1. The Bertz CT molecular complexity index is 871. The molecule has 10 heteroatoms. The van der Waals surface area contributed by atoms with Crippen molar-refractivity contribution in [2.75, 3.05) is 50.0 Å². The van der Waals surface area contributed by atoms with Gasteiger partial charge in [-0.25, -0.2) is 10.2 Å². The van der Waals surface area contributed by atoms with Crippen molar-refractivity contribution in [2.24, 2.45) is 5.73 Å². The van der Waals surface area contributed by atoms with Crippen LogP contribution in [-0.2, 0) is 9.78 Å². The van der Waals surface area contributed by atoms with Gasteiger partial charge in [0, 0.05) is 44.0 Å². The molecule has 2 heterocycles. The lowest BCUT2D eigenvalue weighted by molar-refractivity contribution is -0.400. The SMILES string of the molecule is CCN(C=O)c1cnc(Nc2cccc(C(=O)N3CCN(OO)CC3)c2)cc1C.CN. The molecule has 1 aromatic carbocycles. The minimum Gasteiger partial charge on any atom is -0.340 e. The largest absolute Gasteiger partial charge is 0.340 e. The maximum atomic E-state index is 12.8. The van der Waals surface area contributed by atoms with E-state index in [4.69, 9.17) is 5.26 Å². The van der Waals surface area contributed by atoms with Gasteiger partial charge < -0.3 is 20.9 Å². The van der Waals surface area contributed by atoms with Crippen LogP contribution in [0, 0.1) is 6.92 Å². The van der Waals surface area contributed by atoms with Crippen LogP contribution < -0.4 is 16.0 Å². The topological polar surface area (TPSA) is 124 Å². The third kappa shape index (κ3) is 6.22. The molecular weight excluding hydrogens is 400 g/mol. The van der Waals surface area contributed by atoms with Crippen LogP contribution in [0.4, 0.5) is 17.2 Å². The number of amides is 2. The summed E-state index contributed by atoms with van der Waals surface area (Å²) in [7, 11) is 1.50. The molecule has 0 aliphatic carbocycles. The van der Waals surface area contributed by atoms with Crippen LogP contribution in [0.5, 0.6) is 0 Å². The van der Waals surface area contributed by atoms with E-state index in [1.165, 1.54) is 12.1 Å². The first-order valence-corrected chi connectivity index (χ1v) is 10.0. The Labute approximate surface area is 182 Å². The molecule has 3 rings (SSSR count). The number of anilines is 3. The van der Waals surface area contributed by atoms with Gasteiger partial charge in [0.05, 0.1) is 11.9 Å². The van der Waals surface area contributed by atoms with Crippen molar-refractivity contribution in [3.05, 3.63) is 47.7 Å². The van der Waals surface area contributed by atoms with Gasteiger partial charge in [0.15, 0.2) is 0 Å². The van der Waals surface area contributed by atoms with Gasteiger partial charge in [-0.05, 0) is 50.7 Å². The third-order valence-corrected chi connectivity index (χ3v) is 4.88. The van der Waals surface area contributed by atoms with Crippen LogP contribution in [0.3, 0.4) is 0 Å². The highest BCUT2D eigenvalue weighted by Crippen LogP contribution is 2.23. The molecule has 0 atom stereocenters. The standard InChI is InChI=1S/C20H25N5O4.CH5N/c1-3-23(14-26)18-13-21-19(11-15(18)2)22-17-6-4-5-16(12-17)20(27)24-7-9-25(29-28)10-8-24;1-2/h4-6,11-14,28H,3,7-10H2,1-2H3,(H,21,22);2H2,1H3. The summed E-state index contributed by atoms with van der Waals surface area (Å²) < 4.78 is 0. The van der Waals surface area contributed by atoms with Gasteiger partial charge >= 0.3 is 0 Å². The highest BCUT2D eigenvalue weighted by molar-refractivity contribution is 5.95. The lowest BCUT2D eigenvalue weighted by Gasteiger charge is -2.32. The summed E-state index contributed by atoms with van der Waals surface area (Å²) in [5.41, 5.74) is 7.51. The maximum Gasteiger partial charge on any atom is 0.254 e. The number of hydrogen-bond acceptors (Lipinski definition) is 8. The third-order valence-electron chi connectivity index (χ3n) is 4.88. The Hall–Kier alpha value is -3.05. The summed E-state index contributed by atoms with van der Waals surface area (Å²) >= 11 is 0. The van der Waals surface area contributed by atoms with E-state index in [1.807, 2.05) is 32.0 Å². The lowest BCUT2D eigenvalue weighted by Crippen LogP contribution is -2.48. The zero-order valence-electron chi connectivity index (χ0n) is 18.1. The molecule has 0 saturated carbocycles. The number of pyridine rings is 1. The Morgan fingerprint density at radius 2 is 2.00 bits per heavy atom. The molecule has 0 unspecified atom stereocenters. The van der Waals surface area contributed by atoms with E-state index in [2.05, 4.69) is 21.0 Å². The number of aromatic nitrogens is 1. The van der Waals surface area contributed by atoms with Gasteiger partial charge in [-0.2, -0.15) is 5.06 Å². The maximum absolute atomic E-state index is 12.8. The van der Waals surface area contributed by atoms with Crippen molar-refractivity contribution in [1.29, 1.82) is 0 Å². The van der Waals surface area contributed by atoms with Crippen molar-refractivity contribution >= 4 is 29.5 Å². The molecule has 10 nitrogen and oxygen atoms in total. The first-order valence-electron chi connectivity index (χ1n) is 10.0. The first-order chi connectivity index (χ1) is 15.0. The van der Waals surface area contributed by atoms with Crippen molar-refractivity contribution in [2.45, 2.75) is 13.8 Å². The number of piperazine rings is 1. The number of rotatable bonds is 7. The number of aryl methyl sites for hydroxylation is 1. The lowest BCUT2D eigenvalue weighted by atomic mass is 10.1. The van der Waals surface area contributed by atoms with Crippen LogP contribution in [0.15, 0.2) is 36.5 Å². The molecule has 1 fully saturated rings. The van der Waals surface area contributed by atoms with E-state index >= 15 is 0 Å². The number of carbonyl (C=O) groups excluding carboxylic acids is 2. The monoisotopic (exact) mass is 430 g/mol. The smallest absolute Gasteiger partial charge is 0.254 e. The highest BCUT2D eigenvalue weighted by atomic mass is 17.2. The average Bonchev–Trinajstić information content (AvgIpc) is 2.82. The van der Waals surface area contributed by atoms with Crippen molar-refractivity contribution in [3.63, 3.8) is 0 Å². The number of hydroxylamine groups is 2. The van der Waals surface area contributed by atoms with E-state index in [1.54, 1.807) is 28.1 Å². The number of hydrogen-bond donors (Lipinski definition) is 3. The number of nitrogens with one attached hydrogen (secondary N) is 1. The van der Waals surface area contributed by atoms with Gasteiger partial charge in [-0.3, -0.25) is 9.59 Å². The van der Waals surface area contributed by atoms with Crippen molar-refractivity contribution < 1.29 is 19.8 Å². The number of nitrogens with zero attached hydrogens (tertiary/aromatic N) is 4. The molecule has 0 radical (unpaired) electrons. The molecule has 1 aliphatic heterocycles. The highest BCUT2D eigenvalue weighted by Gasteiger charge is 2.22. The van der Waals surface area contributed by atoms with E-state index < -0.39 is 0 Å². The Kier molecular flexibility index (Phi) is 9.35. The summed E-state index contributed by atoms with van der Waals surface area (Å²) in [6.07, 6.45) is 2.45. The summed E-state index contributed by atoms with van der Waals surface area (Å²) in [4.78, 5) is 35.8. The Morgan fingerprint density at radius 3 is 2.58 bits per heavy atom. The number of nitrogens with two attached hydrogens (primary N) is 1. The second-order valence-electron chi connectivity index (χ2n) is 6.76. The van der Waals surface area contributed by atoms with E-state index in [-0.39, 0.29) is 5.91 Å². The summed E-state index contributed by atoms with van der Waals surface area (Å²) in [5, 5.41) is 13.3. The normalized spacial score (nSPS) is 13.8. The van der Waals surface area contributed by atoms with Gasteiger partial charge in [0.2, 0.25) is 6.41 Å². The average molecular weight is 431 g/mol. The predicted molar refractivity (Wildman–Crippen MR) is 119 cm³/mol. The summed E-state index contributed by atoms with van der Waals surface area (Å²) in [6.45, 7) is 6.25. The number of carbonyl (C=O) groups is 2. The second kappa shape index (κ2) is 12.0. The molecule has 2 amide bonds. The summed E-state index contributed by atoms with van der Waals surface area (Å²) in [5.74, 6) is 0.557. The molecule has 0 bridgehead atoms. The minimum atomic E-state index is -0.0738. The van der Waals surface area contributed by atoms with E-state index in [0.717, 1.165) is 23.3 Å². The van der Waals surface area contributed by atoms with E-state index in [0.29, 0.717) is 44.1 Å². The quantitative estimate of drug-likeness (QED) is 0.345. The fourth-order valence-corrected chi connectivity index (χ4v) is 3.25. The molecule has 1 saturated heterocycles. The fraction of sp³-hybridized carbons (Fsp3) is 0.381. The summed E-state index contributed by atoms with van der Waals surface area (Å²) in [6, 6.07) is 9.10. The van der Waals surface area contributed by atoms with Crippen LogP contribution in [0.25, 0.3) is 0 Å². The molecule has 4 N–H and O–H groups in total. The van der Waals surface area contributed by atoms with Gasteiger partial charge in [-0.15, -0.1) is 4.99 Å². The molecule has 0 spiro atoms. The molecule has 1 aliphatic rings. The zero-order valence-corrected chi connectivity index (χ0v) is 18.1. The zero-order chi connectivity index (χ0) is 22.8. The van der Waals surface area contributed by atoms with Gasteiger partial charge in [0.1, 0.15) is 5.82 Å². The van der Waals surface area contributed by atoms with Gasteiger partial charge in [-0.1, -0.05) is 6.07 Å². The fourth-order valence-electron chi connectivity index (χ4n) is 3.25. The molecule has 1 aromatic heterocycles. The van der Waals surface area contributed by atoms with Crippen LogP contribution >= 0.6 is 0 Å². The first kappa shape index (κ1) is 24.2. The van der Waals surface area contributed by atoms with Crippen LogP contribution in [-0.4, -0.2) is 72.3 Å². The van der Waals surface area contributed by atoms with Crippen LogP contribution in [0.1, 0.15) is 22.8 Å². The van der Waals surface area contributed by atoms with E-state index in [9.17, 15) is 9.59 Å². The van der Waals surface area contributed by atoms with Crippen LogP contribution in [0.2, 0.25) is 0 Å². The van der Waals surface area contributed by atoms with Crippen molar-refractivity contribution in [3.8, 4) is 0 Å². The minimum absolute atomic E-state index is 0.0738. The molecule has 168 valence electrons. The Morgan fingerprint density at radius 1 is 1.29 bits per heavy atom. The molecule has 2 aromatic rings. The molecular formula is C21H30N6O4.